The first kappa shape index (κ1) is 13.9. The molecule has 6 nitrogen and oxygen atoms in total. The predicted octanol–water partition coefficient (Wildman–Crippen LogP) is -0.131. The van der Waals surface area contributed by atoms with Crippen LogP contribution >= 0.6 is 0 Å². The zero-order chi connectivity index (χ0) is 13.7. The normalized spacial score (nSPS) is 16.6. The highest BCUT2D eigenvalue weighted by Crippen LogP contribution is 2.12. The van der Waals surface area contributed by atoms with Crippen molar-refractivity contribution in [1.29, 1.82) is 0 Å². The van der Waals surface area contributed by atoms with Crippen molar-refractivity contribution in [2.24, 2.45) is 5.84 Å². The van der Waals surface area contributed by atoms with Crippen LogP contribution in [0.15, 0.2) is 18.3 Å². The topological polar surface area (TPSA) is 83.3 Å². The summed E-state index contributed by atoms with van der Waals surface area (Å²) in [5.41, 5.74) is 3.55. The number of piperidine rings is 1. The highest BCUT2D eigenvalue weighted by molar-refractivity contribution is 5.93. The molecule has 0 bridgehead atoms. The number of pyridine rings is 1. The first-order valence-corrected chi connectivity index (χ1v) is 6.57. The molecule has 0 aromatic carbocycles. The third-order valence-corrected chi connectivity index (χ3v) is 3.56. The number of nitrogens with two attached hydrogens (primary N) is 1. The van der Waals surface area contributed by atoms with Gasteiger partial charge in [-0.2, -0.15) is 0 Å². The van der Waals surface area contributed by atoms with Gasteiger partial charge in [0.05, 0.1) is 11.3 Å². The first-order chi connectivity index (χ1) is 9.20. The Morgan fingerprint density at radius 1 is 1.53 bits per heavy atom. The van der Waals surface area contributed by atoms with Crippen LogP contribution in [0.2, 0.25) is 0 Å². The first-order valence-electron chi connectivity index (χ1n) is 6.57. The fourth-order valence-electron chi connectivity index (χ4n) is 2.37. The minimum absolute atomic E-state index is 0.314. The lowest BCUT2D eigenvalue weighted by Crippen LogP contribution is -2.40. The summed E-state index contributed by atoms with van der Waals surface area (Å²) in [6.45, 7) is 2.96. The molecule has 0 radical (unpaired) electrons. The third kappa shape index (κ3) is 3.73. The summed E-state index contributed by atoms with van der Waals surface area (Å²) in [5, 5.41) is 3.36. The van der Waals surface area contributed by atoms with E-state index < -0.39 is 0 Å². The minimum atomic E-state index is -0.314. The molecule has 104 valence electrons. The summed E-state index contributed by atoms with van der Waals surface area (Å²) in [4.78, 5) is 17.9. The predicted molar refractivity (Wildman–Crippen MR) is 73.2 cm³/mol. The number of amides is 1. The van der Waals surface area contributed by atoms with Gasteiger partial charge in [-0.25, -0.2) is 5.84 Å². The van der Waals surface area contributed by atoms with Crippen LogP contribution in [0, 0.1) is 0 Å². The molecule has 6 heteroatoms. The summed E-state index contributed by atoms with van der Waals surface area (Å²) in [7, 11) is 2.12. The lowest BCUT2D eigenvalue weighted by Gasteiger charge is -2.31. The van der Waals surface area contributed by atoms with Gasteiger partial charge in [-0.05, 0) is 45.1 Å². The molecule has 1 aliphatic rings. The number of carbonyl (C=O) groups is 1. The van der Waals surface area contributed by atoms with E-state index in [4.69, 9.17) is 5.84 Å². The van der Waals surface area contributed by atoms with Crippen molar-refractivity contribution in [3.63, 3.8) is 0 Å². The van der Waals surface area contributed by atoms with E-state index in [0.717, 1.165) is 25.3 Å². The summed E-state index contributed by atoms with van der Waals surface area (Å²) in [5.74, 6) is 4.76. The van der Waals surface area contributed by atoms with Gasteiger partial charge < -0.3 is 5.32 Å². The molecule has 0 atom stereocenters. The Morgan fingerprint density at radius 3 is 2.84 bits per heavy atom. The molecule has 1 amide bonds. The molecule has 1 aromatic heterocycles. The maximum Gasteiger partial charge on any atom is 0.266 e. The van der Waals surface area contributed by atoms with Crippen molar-refractivity contribution in [3.8, 4) is 0 Å². The summed E-state index contributed by atoms with van der Waals surface area (Å²) in [6, 6.07) is 4.23. The fraction of sp³-hybridized carbons (Fsp3) is 0.538. The van der Waals surface area contributed by atoms with Crippen molar-refractivity contribution >= 4 is 5.91 Å². The van der Waals surface area contributed by atoms with E-state index in [-0.39, 0.29) is 5.91 Å². The summed E-state index contributed by atoms with van der Waals surface area (Å²) < 4.78 is 0. The Kier molecular flexibility index (Phi) is 4.84. The van der Waals surface area contributed by atoms with E-state index in [0.29, 0.717) is 11.6 Å². The maximum absolute atomic E-state index is 11.3. The highest BCUT2D eigenvalue weighted by atomic mass is 16.2. The lowest BCUT2D eigenvalue weighted by atomic mass is 10.1. The average molecular weight is 263 g/mol. The molecule has 0 aliphatic carbocycles. The van der Waals surface area contributed by atoms with Crippen LogP contribution in [0.5, 0.6) is 0 Å². The molecule has 19 heavy (non-hydrogen) atoms. The van der Waals surface area contributed by atoms with Gasteiger partial charge in [0.2, 0.25) is 0 Å². The summed E-state index contributed by atoms with van der Waals surface area (Å²) >= 11 is 0. The Labute approximate surface area is 113 Å². The van der Waals surface area contributed by atoms with Crippen LogP contribution in [-0.2, 0) is 6.54 Å². The average Bonchev–Trinajstić information content (AvgIpc) is 2.48. The molecule has 1 saturated heterocycles. The molecule has 4 N–H and O–H groups in total. The second-order valence-corrected chi connectivity index (χ2v) is 4.91. The van der Waals surface area contributed by atoms with Gasteiger partial charge in [0.1, 0.15) is 0 Å². The van der Waals surface area contributed by atoms with Crippen LogP contribution in [0.4, 0.5) is 0 Å². The Bertz CT molecular complexity index is 414. The Hall–Kier alpha value is -1.50. The molecule has 0 spiro atoms. The third-order valence-electron chi connectivity index (χ3n) is 3.56. The highest BCUT2D eigenvalue weighted by Gasteiger charge is 2.18. The molecule has 0 unspecified atom stereocenters. The smallest absolute Gasteiger partial charge is 0.266 e. The number of hydrogen-bond acceptors (Lipinski definition) is 5. The van der Waals surface area contributed by atoms with E-state index in [1.54, 1.807) is 12.3 Å². The van der Waals surface area contributed by atoms with Crippen molar-refractivity contribution in [1.82, 2.24) is 20.6 Å². The quantitative estimate of drug-likeness (QED) is 0.400. The van der Waals surface area contributed by atoms with E-state index in [1.165, 1.54) is 12.8 Å². The van der Waals surface area contributed by atoms with Gasteiger partial charge in [-0.15, -0.1) is 0 Å². The zero-order valence-corrected chi connectivity index (χ0v) is 11.2. The van der Waals surface area contributed by atoms with E-state index in [9.17, 15) is 4.79 Å². The fourth-order valence-corrected chi connectivity index (χ4v) is 2.37. The van der Waals surface area contributed by atoms with Crippen LogP contribution < -0.4 is 16.6 Å². The van der Waals surface area contributed by atoms with Crippen LogP contribution in [-0.4, -0.2) is 42.0 Å². The van der Waals surface area contributed by atoms with E-state index in [2.05, 4.69) is 27.7 Å². The SMILES string of the molecule is CN(Cc1ccc(C(=O)NN)cn1)C1CCNCC1. The number of nitrogens with zero attached hydrogens (tertiary/aromatic N) is 2. The number of rotatable bonds is 4. The molecule has 2 rings (SSSR count). The van der Waals surface area contributed by atoms with E-state index >= 15 is 0 Å². The number of hydrazine groups is 1. The molecule has 1 aliphatic heterocycles. The minimum Gasteiger partial charge on any atom is -0.317 e. The van der Waals surface area contributed by atoms with Crippen LogP contribution in [0.25, 0.3) is 0 Å². The number of hydrogen-bond donors (Lipinski definition) is 3. The largest absolute Gasteiger partial charge is 0.317 e. The van der Waals surface area contributed by atoms with Gasteiger partial charge in [0.15, 0.2) is 0 Å². The molecule has 0 saturated carbocycles. The molecule has 1 fully saturated rings. The number of carbonyl (C=O) groups excluding carboxylic acids is 1. The van der Waals surface area contributed by atoms with E-state index in [1.807, 2.05) is 6.07 Å². The monoisotopic (exact) mass is 263 g/mol. The van der Waals surface area contributed by atoms with Crippen molar-refractivity contribution in [2.75, 3.05) is 20.1 Å². The van der Waals surface area contributed by atoms with Crippen LogP contribution in [0.3, 0.4) is 0 Å². The molecule has 1 aromatic rings. The van der Waals surface area contributed by atoms with Gasteiger partial charge in [0, 0.05) is 18.8 Å². The van der Waals surface area contributed by atoms with Crippen molar-refractivity contribution < 1.29 is 4.79 Å². The maximum atomic E-state index is 11.3. The van der Waals surface area contributed by atoms with Crippen LogP contribution in [0.1, 0.15) is 28.9 Å². The number of nitrogen functional groups attached to an aromatic ring is 1. The van der Waals surface area contributed by atoms with Gasteiger partial charge in [-0.1, -0.05) is 0 Å². The number of aromatic nitrogens is 1. The second-order valence-electron chi connectivity index (χ2n) is 4.91. The van der Waals surface area contributed by atoms with Crippen molar-refractivity contribution in [2.45, 2.75) is 25.4 Å². The molecular formula is C13H21N5O. The molecular weight excluding hydrogens is 242 g/mol. The van der Waals surface area contributed by atoms with Gasteiger partial charge in [-0.3, -0.25) is 20.1 Å². The molecule has 2 heterocycles. The number of nitrogens with one attached hydrogen (secondary N) is 2. The van der Waals surface area contributed by atoms with Gasteiger partial charge >= 0.3 is 0 Å². The summed E-state index contributed by atoms with van der Waals surface area (Å²) in [6.07, 6.45) is 3.90. The Morgan fingerprint density at radius 2 is 2.26 bits per heavy atom. The zero-order valence-electron chi connectivity index (χ0n) is 11.2. The van der Waals surface area contributed by atoms with Gasteiger partial charge in [0.25, 0.3) is 5.91 Å². The second kappa shape index (κ2) is 6.60. The standard InChI is InChI=1S/C13H21N5O/c1-18(12-4-6-15-7-5-12)9-11-3-2-10(8-16-11)13(19)17-14/h2-3,8,12,15H,4-7,9,14H2,1H3,(H,17,19). The lowest BCUT2D eigenvalue weighted by molar-refractivity contribution is 0.0953. The van der Waals surface area contributed by atoms with Crippen molar-refractivity contribution in [3.05, 3.63) is 29.6 Å². The Balaban J connectivity index is 1.93.